The number of hydrogen-bond donors (Lipinski definition) is 1. The summed E-state index contributed by atoms with van der Waals surface area (Å²) < 4.78 is 72.6. The number of carbonyl (C=O) groups excluding carboxylic acids is 1. The largest absolute Gasteiger partial charge is 0.461 e. The molecule has 1 fully saturated rings. The first-order valence-electron chi connectivity index (χ1n) is 11.2. The first-order valence-corrected chi connectivity index (χ1v) is 11.2. The van der Waals surface area contributed by atoms with Crippen LogP contribution in [0.4, 0.5) is 22.0 Å². The van der Waals surface area contributed by atoms with Crippen molar-refractivity contribution in [3.63, 3.8) is 0 Å². The second-order valence-corrected chi connectivity index (χ2v) is 8.34. The maximum atomic E-state index is 13.9. The van der Waals surface area contributed by atoms with Gasteiger partial charge in [0.25, 0.3) is 0 Å². The van der Waals surface area contributed by atoms with Crippen LogP contribution in [0, 0.1) is 35.0 Å². The van der Waals surface area contributed by atoms with Crippen molar-refractivity contribution in [2.75, 3.05) is 0 Å². The molecular formula is C23H31F5O3. The summed E-state index contributed by atoms with van der Waals surface area (Å²) >= 11 is 0. The third kappa shape index (κ3) is 6.89. The highest BCUT2D eigenvalue weighted by atomic mass is 19.2. The molecule has 1 aliphatic rings. The van der Waals surface area contributed by atoms with E-state index in [1.165, 1.54) is 32.1 Å². The summed E-state index contributed by atoms with van der Waals surface area (Å²) in [5, 5.41) is 10.2. The molecule has 3 nitrogen and oxygen atoms in total. The van der Waals surface area contributed by atoms with Crippen LogP contribution in [-0.4, -0.2) is 23.3 Å². The van der Waals surface area contributed by atoms with Gasteiger partial charge in [0, 0.05) is 12.0 Å². The molecule has 31 heavy (non-hydrogen) atoms. The van der Waals surface area contributed by atoms with Crippen molar-refractivity contribution in [3.8, 4) is 0 Å². The maximum Gasteiger partial charge on any atom is 0.313 e. The molecule has 0 bridgehead atoms. The van der Waals surface area contributed by atoms with E-state index in [0.29, 0.717) is 6.42 Å². The molecular weight excluding hydrogens is 419 g/mol. The van der Waals surface area contributed by atoms with Crippen molar-refractivity contribution >= 4 is 5.97 Å². The number of halogens is 5. The fourth-order valence-electron chi connectivity index (χ4n) is 3.95. The predicted molar refractivity (Wildman–Crippen MR) is 106 cm³/mol. The minimum atomic E-state index is -2.23. The Kier molecular flexibility index (Phi) is 10.2. The monoisotopic (exact) mass is 450 g/mol. The molecule has 2 rings (SSSR count). The number of cyclic esters (lactones) is 1. The van der Waals surface area contributed by atoms with Crippen LogP contribution in [0.3, 0.4) is 0 Å². The number of esters is 1. The average molecular weight is 450 g/mol. The van der Waals surface area contributed by atoms with Crippen LogP contribution in [-0.2, 0) is 16.0 Å². The van der Waals surface area contributed by atoms with E-state index in [0.717, 1.165) is 25.7 Å². The van der Waals surface area contributed by atoms with Gasteiger partial charge >= 0.3 is 5.97 Å². The first-order chi connectivity index (χ1) is 14.8. The average Bonchev–Trinajstić information content (AvgIpc) is 2.74. The number of hydrogen-bond acceptors (Lipinski definition) is 3. The minimum Gasteiger partial charge on any atom is -0.461 e. The van der Waals surface area contributed by atoms with Crippen molar-refractivity contribution in [1.82, 2.24) is 0 Å². The molecule has 1 aliphatic heterocycles. The summed E-state index contributed by atoms with van der Waals surface area (Å²) in [5.74, 6) is -12.0. The second kappa shape index (κ2) is 12.4. The molecule has 0 unspecified atom stereocenters. The molecule has 0 aromatic heterocycles. The third-order valence-electron chi connectivity index (χ3n) is 5.89. The number of aliphatic hydroxyl groups excluding tert-OH is 1. The molecule has 1 aromatic rings. The van der Waals surface area contributed by atoms with E-state index in [2.05, 4.69) is 6.92 Å². The van der Waals surface area contributed by atoms with E-state index < -0.39 is 65.2 Å². The number of aliphatic hydroxyl groups is 1. The second-order valence-electron chi connectivity index (χ2n) is 8.34. The lowest BCUT2D eigenvalue weighted by molar-refractivity contribution is -0.187. The summed E-state index contributed by atoms with van der Waals surface area (Å²) in [6.07, 6.45) is 8.56. The van der Waals surface area contributed by atoms with Gasteiger partial charge in [-0.05, 0) is 12.8 Å². The van der Waals surface area contributed by atoms with E-state index >= 15 is 0 Å². The van der Waals surface area contributed by atoms with E-state index in [1.807, 2.05) is 0 Å². The van der Waals surface area contributed by atoms with Gasteiger partial charge in [-0.3, -0.25) is 4.79 Å². The van der Waals surface area contributed by atoms with Gasteiger partial charge < -0.3 is 9.84 Å². The van der Waals surface area contributed by atoms with Crippen LogP contribution >= 0.6 is 0 Å². The summed E-state index contributed by atoms with van der Waals surface area (Å²) in [7, 11) is 0. The number of rotatable bonds is 14. The summed E-state index contributed by atoms with van der Waals surface area (Å²) in [6.45, 7) is 2.18. The smallest absolute Gasteiger partial charge is 0.313 e. The van der Waals surface area contributed by atoms with Gasteiger partial charge in [-0.2, -0.15) is 0 Å². The fraction of sp³-hybridized carbons (Fsp3) is 0.696. The van der Waals surface area contributed by atoms with Gasteiger partial charge in [0.2, 0.25) is 5.82 Å². The number of ether oxygens (including phenoxy) is 1. The highest BCUT2D eigenvalue weighted by Gasteiger charge is 2.44. The minimum absolute atomic E-state index is 0.0722. The van der Waals surface area contributed by atoms with E-state index in [9.17, 15) is 31.9 Å². The Balaban J connectivity index is 1.76. The van der Waals surface area contributed by atoms with Gasteiger partial charge in [0.05, 0.1) is 12.0 Å². The Labute approximate surface area is 180 Å². The van der Waals surface area contributed by atoms with Gasteiger partial charge in [-0.1, -0.05) is 64.7 Å². The Morgan fingerprint density at radius 1 is 0.806 bits per heavy atom. The molecule has 1 aromatic carbocycles. The van der Waals surface area contributed by atoms with Gasteiger partial charge in [-0.15, -0.1) is 0 Å². The molecule has 0 aliphatic carbocycles. The first kappa shape index (κ1) is 25.6. The van der Waals surface area contributed by atoms with Crippen LogP contribution in [0.15, 0.2) is 0 Å². The van der Waals surface area contributed by atoms with Crippen molar-refractivity contribution in [1.29, 1.82) is 0 Å². The molecule has 0 spiro atoms. The van der Waals surface area contributed by atoms with Gasteiger partial charge in [-0.25, -0.2) is 22.0 Å². The number of unbranched alkanes of at least 4 members (excludes halogenated alkanes) is 8. The van der Waals surface area contributed by atoms with Gasteiger partial charge in [0.1, 0.15) is 6.10 Å². The van der Waals surface area contributed by atoms with E-state index in [1.54, 1.807) is 0 Å². The summed E-state index contributed by atoms with van der Waals surface area (Å²) in [5.41, 5.74) is -1.03. The SMILES string of the molecule is CCCCCCCCCCC[C@@H](O)C[C@H]1OC(=O)[C@@H]1Cc1c(F)c(F)c(F)c(F)c1F. The van der Waals surface area contributed by atoms with E-state index in [-0.39, 0.29) is 6.42 Å². The Bertz CT molecular complexity index is 711. The molecule has 176 valence electrons. The highest BCUT2D eigenvalue weighted by Crippen LogP contribution is 2.33. The number of benzene rings is 1. The number of carbonyl (C=O) groups is 1. The van der Waals surface area contributed by atoms with E-state index in [4.69, 9.17) is 4.74 Å². The molecule has 1 heterocycles. The molecule has 1 saturated heterocycles. The summed E-state index contributed by atoms with van der Waals surface area (Å²) in [4.78, 5) is 11.7. The van der Waals surface area contributed by atoms with Crippen molar-refractivity contribution < 1.29 is 36.6 Å². The molecule has 0 amide bonds. The fourth-order valence-corrected chi connectivity index (χ4v) is 3.95. The van der Waals surface area contributed by atoms with Crippen LogP contribution in [0.25, 0.3) is 0 Å². The van der Waals surface area contributed by atoms with Crippen molar-refractivity contribution in [3.05, 3.63) is 34.6 Å². The van der Waals surface area contributed by atoms with Crippen LogP contribution in [0.1, 0.15) is 83.1 Å². The zero-order valence-electron chi connectivity index (χ0n) is 17.9. The van der Waals surface area contributed by atoms with Crippen LogP contribution in [0.2, 0.25) is 0 Å². The Hall–Kier alpha value is -1.70. The molecule has 0 saturated carbocycles. The van der Waals surface area contributed by atoms with Crippen LogP contribution in [0.5, 0.6) is 0 Å². The molecule has 8 heteroatoms. The third-order valence-corrected chi connectivity index (χ3v) is 5.89. The topological polar surface area (TPSA) is 46.5 Å². The normalized spacial score (nSPS) is 19.3. The zero-order valence-corrected chi connectivity index (χ0v) is 17.9. The maximum absolute atomic E-state index is 13.9. The molecule has 3 atom stereocenters. The lowest BCUT2D eigenvalue weighted by Crippen LogP contribution is -2.48. The van der Waals surface area contributed by atoms with Gasteiger partial charge in [0.15, 0.2) is 23.3 Å². The highest BCUT2D eigenvalue weighted by molar-refractivity contribution is 5.79. The lowest BCUT2D eigenvalue weighted by Gasteiger charge is -2.36. The van der Waals surface area contributed by atoms with Crippen LogP contribution < -0.4 is 0 Å². The van der Waals surface area contributed by atoms with Crippen molar-refractivity contribution in [2.45, 2.75) is 96.2 Å². The zero-order chi connectivity index (χ0) is 23.0. The van der Waals surface area contributed by atoms with Crippen molar-refractivity contribution in [2.24, 2.45) is 5.92 Å². The predicted octanol–water partition coefficient (Wildman–Crippen LogP) is 6.14. The lowest BCUT2D eigenvalue weighted by atomic mass is 9.85. The molecule has 1 N–H and O–H groups in total. The Morgan fingerprint density at radius 3 is 1.81 bits per heavy atom. The quantitative estimate of drug-likeness (QED) is 0.122. The summed E-state index contributed by atoms with van der Waals surface area (Å²) in [6, 6.07) is 0. The Morgan fingerprint density at radius 2 is 1.29 bits per heavy atom. The molecule has 0 radical (unpaired) electrons. The standard InChI is InChI=1S/C23H31F5O3/c1-2-3-4-5-6-7-8-9-10-11-14(29)12-17-15(23(30)31-17)13-16-18(24)20(26)22(28)21(27)19(16)25/h14-15,17,29H,2-13H2,1H3/t14-,15-,17-/m1/s1.